The number of aliphatic hydroxyl groups is 1. The Morgan fingerprint density at radius 2 is 2.24 bits per heavy atom. The van der Waals surface area contributed by atoms with Gasteiger partial charge in [0.05, 0.1) is 23.8 Å². The fourth-order valence-corrected chi connectivity index (χ4v) is 3.38. The van der Waals surface area contributed by atoms with Crippen LogP contribution < -0.4 is 5.32 Å². The Morgan fingerprint density at radius 3 is 2.95 bits per heavy atom. The summed E-state index contributed by atoms with van der Waals surface area (Å²) in [5.41, 5.74) is 0.928. The van der Waals surface area contributed by atoms with Gasteiger partial charge < -0.3 is 15.2 Å². The van der Waals surface area contributed by atoms with E-state index in [0.717, 1.165) is 31.4 Å². The Balaban J connectivity index is 1.67. The first kappa shape index (κ1) is 14.5. The van der Waals surface area contributed by atoms with Crippen molar-refractivity contribution in [3.8, 4) is 0 Å². The molecule has 0 spiro atoms. The molecule has 1 saturated carbocycles. The van der Waals surface area contributed by atoms with Crippen molar-refractivity contribution in [3.63, 3.8) is 0 Å². The molecule has 2 aliphatic rings. The van der Waals surface area contributed by atoms with Crippen molar-refractivity contribution in [3.05, 3.63) is 18.0 Å². The normalized spacial score (nSPS) is 33.0. The topological polar surface area (TPSA) is 76.4 Å². The first-order valence-electron chi connectivity index (χ1n) is 7.75. The molecule has 0 radical (unpaired) electrons. The number of nitrogens with zero attached hydrogens (tertiary/aromatic N) is 2. The van der Waals surface area contributed by atoms with Crippen LogP contribution in [0.5, 0.6) is 0 Å². The van der Waals surface area contributed by atoms with E-state index in [-0.39, 0.29) is 24.0 Å². The van der Waals surface area contributed by atoms with E-state index in [9.17, 15) is 9.90 Å². The lowest BCUT2D eigenvalue weighted by Gasteiger charge is -2.30. The minimum Gasteiger partial charge on any atom is -0.391 e. The van der Waals surface area contributed by atoms with Gasteiger partial charge in [-0.15, -0.1) is 0 Å². The summed E-state index contributed by atoms with van der Waals surface area (Å²) in [5, 5.41) is 17.2. The van der Waals surface area contributed by atoms with Gasteiger partial charge in [0, 0.05) is 19.9 Å². The fourth-order valence-electron chi connectivity index (χ4n) is 3.38. The van der Waals surface area contributed by atoms with E-state index in [2.05, 4.69) is 10.4 Å². The molecule has 0 bridgehead atoms. The number of rotatable bonds is 3. The van der Waals surface area contributed by atoms with E-state index < -0.39 is 6.10 Å². The molecular weight excluding hydrogens is 270 g/mol. The van der Waals surface area contributed by atoms with Gasteiger partial charge >= 0.3 is 0 Å². The molecule has 3 rings (SSSR count). The number of amides is 1. The maximum absolute atomic E-state index is 12.5. The Bertz CT molecular complexity index is 502. The van der Waals surface area contributed by atoms with Crippen LogP contribution in [0, 0.1) is 5.92 Å². The number of hydrogen-bond donors (Lipinski definition) is 2. The molecule has 1 aromatic heterocycles. The largest absolute Gasteiger partial charge is 0.391 e. The van der Waals surface area contributed by atoms with Crippen LogP contribution in [-0.4, -0.2) is 39.5 Å². The predicted octanol–water partition coefficient (Wildman–Crippen LogP) is 0.917. The van der Waals surface area contributed by atoms with Crippen molar-refractivity contribution >= 4 is 5.91 Å². The van der Waals surface area contributed by atoms with Crippen molar-refractivity contribution in [1.82, 2.24) is 15.1 Å². The average molecular weight is 293 g/mol. The molecule has 2 heterocycles. The monoisotopic (exact) mass is 293 g/mol. The van der Waals surface area contributed by atoms with Gasteiger partial charge in [-0.2, -0.15) is 5.10 Å². The number of aliphatic hydroxyl groups excluding tert-OH is 1. The van der Waals surface area contributed by atoms with Crippen LogP contribution in [0.2, 0.25) is 0 Å². The van der Waals surface area contributed by atoms with Crippen molar-refractivity contribution in [2.45, 2.75) is 50.4 Å². The SMILES string of the molecule is Cn1nccc1[C@@H]1OCC[C@H]1C(=O)N[C@H]1CCCC[C@@H]1O. The molecule has 116 valence electrons. The van der Waals surface area contributed by atoms with Crippen LogP contribution in [0.25, 0.3) is 0 Å². The molecule has 1 saturated heterocycles. The van der Waals surface area contributed by atoms with Crippen molar-refractivity contribution in [2.75, 3.05) is 6.61 Å². The molecule has 6 nitrogen and oxygen atoms in total. The first-order valence-corrected chi connectivity index (χ1v) is 7.75. The molecule has 1 aromatic rings. The van der Waals surface area contributed by atoms with Crippen LogP contribution in [0.1, 0.15) is 43.9 Å². The standard InChI is InChI=1S/C15H23N3O3/c1-18-12(6-8-16-18)14-10(7-9-21-14)15(20)17-11-4-2-3-5-13(11)19/h6,8,10-11,13-14,19H,2-5,7,9H2,1H3,(H,17,20)/t10-,11+,13+,14-/m1/s1. The summed E-state index contributed by atoms with van der Waals surface area (Å²) < 4.78 is 7.50. The molecule has 6 heteroatoms. The number of carbonyl (C=O) groups is 1. The summed E-state index contributed by atoms with van der Waals surface area (Å²) in [5.74, 6) is -0.209. The Kier molecular flexibility index (Phi) is 4.26. The zero-order chi connectivity index (χ0) is 14.8. The Morgan fingerprint density at radius 1 is 1.43 bits per heavy atom. The third-order valence-electron chi connectivity index (χ3n) is 4.64. The quantitative estimate of drug-likeness (QED) is 0.869. The number of carbonyl (C=O) groups excluding carboxylic acids is 1. The van der Waals surface area contributed by atoms with E-state index >= 15 is 0 Å². The van der Waals surface area contributed by atoms with E-state index in [1.54, 1.807) is 10.9 Å². The maximum atomic E-state index is 12.5. The van der Waals surface area contributed by atoms with Crippen molar-refractivity contribution in [2.24, 2.45) is 13.0 Å². The third-order valence-corrected chi connectivity index (χ3v) is 4.64. The molecule has 21 heavy (non-hydrogen) atoms. The molecule has 2 fully saturated rings. The number of hydrogen-bond acceptors (Lipinski definition) is 4. The van der Waals surface area contributed by atoms with Crippen LogP contribution in [0.4, 0.5) is 0 Å². The number of nitrogens with one attached hydrogen (secondary N) is 1. The highest BCUT2D eigenvalue weighted by molar-refractivity contribution is 5.80. The molecule has 0 aromatic carbocycles. The lowest BCUT2D eigenvalue weighted by molar-refractivity contribution is -0.128. The van der Waals surface area contributed by atoms with Gasteiger partial charge in [0.1, 0.15) is 6.10 Å². The zero-order valence-corrected chi connectivity index (χ0v) is 12.4. The predicted molar refractivity (Wildman–Crippen MR) is 76.4 cm³/mol. The van der Waals surface area contributed by atoms with Gasteiger partial charge in [-0.1, -0.05) is 12.8 Å². The molecule has 1 aliphatic carbocycles. The second-order valence-corrected chi connectivity index (χ2v) is 6.03. The highest BCUT2D eigenvalue weighted by atomic mass is 16.5. The zero-order valence-electron chi connectivity index (χ0n) is 12.4. The summed E-state index contributed by atoms with van der Waals surface area (Å²) in [4.78, 5) is 12.5. The number of aromatic nitrogens is 2. The number of aryl methyl sites for hydroxylation is 1. The lowest BCUT2D eigenvalue weighted by atomic mass is 9.91. The average Bonchev–Trinajstić information content (AvgIpc) is 3.09. The lowest BCUT2D eigenvalue weighted by Crippen LogP contribution is -2.47. The van der Waals surface area contributed by atoms with Crippen LogP contribution in [-0.2, 0) is 16.6 Å². The van der Waals surface area contributed by atoms with Crippen LogP contribution >= 0.6 is 0 Å². The van der Waals surface area contributed by atoms with Crippen molar-refractivity contribution in [1.29, 1.82) is 0 Å². The minimum atomic E-state index is -0.417. The summed E-state index contributed by atoms with van der Waals surface area (Å²) >= 11 is 0. The second kappa shape index (κ2) is 6.15. The van der Waals surface area contributed by atoms with Crippen molar-refractivity contribution < 1.29 is 14.6 Å². The van der Waals surface area contributed by atoms with Gasteiger partial charge in [-0.05, 0) is 25.3 Å². The van der Waals surface area contributed by atoms with Crippen LogP contribution in [0.15, 0.2) is 12.3 Å². The van der Waals surface area contributed by atoms with E-state index in [1.165, 1.54) is 0 Å². The highest BCUT2D eigenvalue weighted by Gasteiger charge is 2.38. The Labute approximate surface area is 124 Å². The maximum Gasteiger partial charge on any atom is 0.226 e. The van der Waals surface area contributed by atoms with E-state index in [1.807, 2.05) is 13.1 Å². The first-order chi connectivity index (χ1) is 10.2. The number of ether oxygens (including phenoxy) is 1. The molecule has 0 unspecified atom stereocenters. The summed E-state index contributed by atoms with van der Waals surface area (Å²) in [6.07, 6.45) is 5.51. The third kappa shape index (κ3) is 2.96. The molecule has 4 atom stereocenters. The van der Waals surface area contributed by atoms with E-state index in [4.69, 9.17) is 4.74 Å². The molecule has 1 amide bonds. The van der Waals surface area contributed by atoms with Crippen LogP contribution in [0.3, 0.4) is 0 Å². The molecular formula is C15H23N3O3. The van der Waals surface area contributed by atoms with E-state index in [0.29, 0.717) is 13.0 Å². The molecule has 2 N–H and O–H groups in total. The highest BCUT2D eigenvalue weighted by Crippen LogP contribution is 2.34. The van der Waals surface area contributed by atoms with Gasteiger partial charge in [-0.25, -0.2) is 0 Å². The van der Waals surface area contributed by atoms with Gasteiger partial charge in [0.2, 0.25) is 5.91 Å². The van der Waals surface area contributed by atoms with Gasteiger partial charge in [0.15, 0.2) is 0 Å². The fraction of sp³-hybridized carbons (Fsp3) is 0.733. The summed E-state index contributed by atoms with van der Waals surface area (Å²) in [6.45, 7) is 0.584. The second-order valence-electron chi connectivity index (χ2n) is 6.03. The Hall–Kier alpha value is -1.40. The minimum absolute atomic E-state index is 0.00958. The summed E-state index contributed by atoms with van der Waals surface area (Å²) in [6, 6.07) is 1.78. The summed E-state index contributed by atoms with van der Waals surface area (Å²) in [7, 11) is 1.86. The molecule has 1 aliphatic heterocycles. The van der Waals surface area contributed by atoms with Gasteiger partial charge in [-0.3, -0.25) is 9.48 Å². The van der Waals surface area contributed by atoms with Gasteiger partial charge in [0.25, 0.3) is 0 Å². The smallest absolute Gasteiger partial charge is 0.226 e.